The molecule has 1 amide bonds. The number of aromatic nitrogens is 1. The lowest BCUT2D eigenvalue weighted by atomic mass is 10.2. The average molecular weight is 332 g/mol. The SMILES string of the molecule is Cc1c(Br)cnc(NC(=O)OC(C)(C)C)c1[N+](=O)[O-]. The van der Waals surface area contributed by atoms with Gasteiger partial charge < -0.3 is 4.74 Å². The van der Waals surface area contributed by atoms with Crippen LogP contribution in [0.3, 0.4) is 0 Å². The summed E-state index contributed by atoms with van der Waals surface area (Å²) in [6, 6.07) is 0. The second-order valence-corrected chi connectivity index (χ2v) is 5.67. The Morgan fingerprint density at radius 3 is 2.58 bits per heavy atom. The molecular weight excluding hydrogens is 318 g/mol. The van der Waals surface area contributed by atoms with E-state index >= 15 is 0 Å². The molecule has 0 spiro atoms. The summed E-state index contributed by atoms with van der Waals surface area (Å²) in [5.74, 6) is -0.139. The van der Waals surface area contributed by atoms with Crippen molar-refractivity contribution in [2.45, 2.75) is 33.3 Å². The Balaban J connectivity index is 3.05. The zero-order valence-electron chi connectivity index (χ0n) is 11.0. The lowest BCUT2D eigenvalue weighted by molar-refractivity contribution is -0.384. The summed E-state index contributed by atoms with van der Waals surface area (Å²) in [6.45, 7) is 6.65. The van der Waals surface area contributed by atoms with Gasteiger partial charge in [-0.2, -0.15) is 0 Å². The molecule has 1 rings (SSSR count). The third-order valence-electron chi connectivity index (χ3n) is 2.05. The predicted molar refractivity (Wildman–Crippen MR) is 73.2 cm³/mol. The van der Waals surface area contributed by atoms with Crippen molar-refractivity contribution < 1.29 is 14.5 Å². The molecule has 0 unspecified atom stereocenters. The maximum Gasteiger partial charge on any atom is 0.413 e. The van der Waals surface area contributed by atoms with Gasteiger partial charge in [-0.25, -0.2) is 9.78 Å². The molecule has 1 aromatic heterocycles. The van der Waals surface area contributed by atoms with E-state index in [1.165, 1.54) is 6.20 Å². The molecule has 0 aliphatic carbocycles. The van der Waals surface area contributed by atoms with Gasteiger partial charge in [-0.3, -0.25) is 15.4 Å². The van der Waals surface area contributed by atoms with Crippen LogP contribution in [0.15, 0.2) is 10.7 Å². The molecule has 0 aliphatic heterocycles. The molecule has 0 fully saturated rings. The third kappa shape index (κ3) is 4.16. The number of hydrogen-bond donors (Lipinski definition) is 1. The van der Waals surface area contributed by atoms with Gasteiger partial charge in [0.2, 0.25) is 5.82 Å². The summed E-state index contributed by atoms with van der Waals surface area (Å²) in [5.41, 5.74) is -0.574. The van der Waals surface area contributed by atoms with Crippen LogP contribution in [0.4, 0.5) is 16.3 Å². The van der Waals surface area contributed by atoms with Gasteiger partial charge in [0.15, 0.2) is 0 Å². The Morgan fingerprint density at radius 1 is 1.53 bits per heavy atom. The molecule has 7 nitrogen and oxygen atoms in total. The minimum absolute atomic E-state index is 0.139. The van der Waals surface area contributed by atoms with Crippen LogP contribution in [0, 0.1) is 17.0 Å². The maximum atomic E-state index is 11.6. The monoisotopic (exact) mass is 331 g/mol. The number of halogens is 1. The van der Waals surface area contributed by atoms with Crippen LogP contribution in [0.25, 0.3) is 0 Å². The Labute approximate surface area is 118 Å². The van der Waals surface area contributed by atoms with Gasteiger partial charge >= 0.3 is 11.8 Å². The fourth-order valence-corrected chi connectivity index (χ4v) is 1.58. The highest BCUT2D eigenvalue weighted by molar-refractivity contribution is 9.10. The van der Waals surface area contributed by atoms with Crippen molar-refractivity contribution in [2.75, 3.05) is 5.32 Å². The first-order chi connectivity index (χ1) is 8.61. The largest absolute Gasteiger partial charge is 0.444 e. The Kier molecular flexibility index (Phi) is 4.46. The molecule has 0 saturated carbocycles. The first kappa shape index (κ1) is 15.4. The number of amides is 1. The summed E-state index contributed by atoms with van der Waals surface area (Å²) in [6.07, 6.45) is 0.597. The van der Waals surface area contributed by atoms with E-state index < -0.39 is 16.6 Å². The quantitative estimate of drug-likeness (QED) is 0.661. The van der Waals surface area contributed by atoms with Crippen LogP contribution in [0.5, 0.6) is 0 Å². The van der Waals surface area contributed by atoms with E-state index in [-0.39, 0.29) is 11.5 Å². The molecule has 8 heteroatoms. The fourth-order valence-electron chi connectivity index (χ4n) is 1.29. The second kappa shape index (κ2) is 5.52. The molecule has 1 aromatic rings. The summed E-state index contributed by atoms with van der Waals surface area (Å²) in [4.78, 5) is 25.8. The van der Waals surface area contributed by atoms with Crippen LogP contribution < -0.4 is 5.32 Å². The molecule has 0 radical (unpaired) electrons. The number of pyridine rings is 1. The number of ether oxygens (including phenoxy) is 1. The average Bonchev–Trinajstić information content (AvgIpc) is 2.20. The molecule has 19 heavy (non-hydrogen) atoms. The van der Waals surface area contributed by atoms with Gasteiger partial charge in [-0.15, -0.1) is 0 Å². The Bertz CT molecular complexity index is 525. The van der Waals surface area contributed by atoms with Gasteiger partial charge in [0.25, 0.3) is 0 Å². The van der Waals surface area contributed by atoms with Gasteiger partial charge in [0.05, 0.1) is 4.92 Å². The topological polar surface area (TPSA) is 94.4 Å². The van der Waals surface area contributed by atoms with Crippen molar-refractivity contribution in [3.8, 4) is 0 Å². The smallest absolute Gasteiger partial charge is 0.413 e. The van der Waals surface area contributed by atoms with E-state index in [1.807, 2.05) is 0 Å². The van der Waals surface area contributed by atoms with Crippen molar-refractivity contribution in [3.63, 3.8) is 0 Å². The number of rotatable bonds is 2. The van der Waals surface area contributed by atoms with Gasteiger partial charge in [-0.05, 0) is 43.6 Å². The first-order valence-electron chi connectivity index (χ1n) is 5.41. The van der Waals surface area contributed by atoms with Gasteiger partial charge in [0, 0.05) is 16.2 Å². The van der Waals surface area contributed by atoms with E-state index in [1.54, 1.807) is 27.7 Å². The van der Waals surface area contributed by atoms with Crippen molar-refractivity contribution in [3.05, 3.63) is 26.3 Å². The lowest BCUT2D eigenvalue weighted by Crippen LogP contribution is -2.27. The maximum absolute atomic E-state index is 11.6. The number of nitrogens with zero attached hydrogens (tertiary/aromatic N) is 2. The second-order valence-electron chi connectivity index (χ2n) is 4.81. The van der Waals surface area contributed by atoms with Crippen molar-refractivity contribution >= 4 is 33.5 Å². The number of hydrogen-bond acceptors (Lipinski definition) is 5. The van der Waals surface area contributed by atoms with E-state index in [0.717, 1.165) is 0 Å². The zero-order valence-corrected chi connectivity index (χ0v) is 12.6. The van der Waals surface area contributed by atoms with Crippen LogP contribution >= 0.6 is 15.9 Å². The molecular formula is C11H14BrN3O4. The number of nitrogens with one attached hydrogen (secondary N) is 1. The Hall–Kier alpha value is -1.70. The minimum Gasteiger partial charge on any atom is -0.444 e. The standard InChI is InChI=1S/C11H14BrN3O4/c1-6-7(12)5-13-9(8(6)15(17)18)14-10(16)19-11(2,3)4/h5H,1-4H3,(H,13,14,16). The number of anilines is 1. The normalized spacial score (nSPS) is 11.0. The van der Waals surface area contributed by atoms with Gasteiger partial charge in [0.1, 0.15) is 5.60 Å². The number of carbonyl (C=O) groups is 1. The molecule has 1 N–H and O–H groups in total. The van der Waals surface area contributed by atoms with E-state index in [0.29, 0.717) is 10.0 Å². The molecule has 104 valence electrons. The molecule has 1 heterocycles. The minimum atomic E-state index is -0.787. The number of nitro groups is 1. The van der Waals surface area contributed by atoms with Crippen LogP contribution in [0.2, 0.25) is 0 Å². The van der Waals surface area contributed by atoms with Gasteiger partial charge in [-0.1, -0.05) is 0 Å². The van der Waals surface area contributed by atoms with Crippen LogP contribution in [-0.2, 0) is 4.74 Å². The predicted octanol–water partition coefficient (Wildman–Crippen LogP) is 3.41. The van der Waals surface area contributed by atoms with E-state index in [4.69, 9.17) is 4.74 Å². The zero-order chi connectivity index (χ0) is 14.8. The summed E-state index contributed by atoms with van der Waals surface area (Å²) in [5, 5.41) is 13.3. The highest BCUT2D eigenvalue weighted by Crippen LogP contribution is 2.31. The van der Waals surface area contributed by atoms with Crippen molar-refractivity contribution in [1.82, 2.24) is 4.98 Å². The van der Waals surface area contributed by atoms with E-state index in [2.05, 4.69) is 26.2 Å². The van der Waals surface area contributed by atoms with Crippen LogP contribution in [-0.4, -0.2) is 21.6 Å². The number of carbonyl (C=O) groups excluding carboxylic acids is 1. The molecule has 0 aromatic carbocycles. The third-order valence-corrected chi connectivity index (χ3v) is 2.85. The van der Waals surface area contributed by atoms with Crippen molar-refractivity contribution in [2.24, 2.45) is 0 Å². The summed E-state index contributed by atoms with van der Waals surface area (Å²) >= 11 is 3.15. The molecule has 0 aliphatic rings. The van der Waals surface area contributed by atoms with E-state index in [9.17, 15) is 14.9 Å². The highest BCUT2D eigenvalue weighted by atomic mass is 79.9. The summed E-state index contributed by atoms with van der Waals surface area (Å²) in [7, 11) is 0. The highest BCUT2D eigenvalue weighted by Gasteiger charge is 2.24. The summed E-state index contributed by atoms with van der Waals surface area (Å²) < 4.78 is 5.52. The van der Waals surface area contributed by atoms with Crippen molar-refractivity contribution in [1.29, 1.82) is 0 Å². The first-order valence-corrected chi connectivity index (χ1v) is 6.20. The molecule has 0 atom stereocenters. The molecule has 0 bridgehead atoms. The molecule has 0 saturated heterocycles. The lowest BCUT2D eigenvalue weighted by Gasteiger charge is -2.19. The Morgan fingerprint density at radius 2 is 2.11 bits per heavy atom. The van der Waals surface area contributed by atoms with Crippen LogP contribution in [0.1, 0.15) is 26.3 Å². The fraction of sp³-hybridized carbons (Fsp3) is 0.455.